The van der Waals surface area contributed by atoms with Crippen LogP contribution in [0.4, 0.5) is 8.78 Å². The molecule has 0 aliphatic carbocycles. The zero-order valence-electron chi connectivity index (χ0n) is 18.8. The highest BCUT2D eigenvalue weighted by Crippen LogP contribution is 2.22. The lowest BCUT2D eigenvalue weighted by molar-refractivity contribution is -0.134. The van der Waals surface area contributed by atoms with E-state index < -0.39 is 18.6 Å². The molecule has 0 radical (unpaired) electrons. The quantitative estimate of drug-likeness (QED) is 0.583. The first-order valence-corrected chi connectivity index (χ1v) is 12.3. The van der Waals surface area contributed by atoms with Crippen LogP contribution in [0.1, 0.15) is 27.1 Å². The van der Waals surface area contributed by atoms with Gasteiger partial charge in [-0.3, -0.25) is 14.4 Å². The zero-order valence-corrected chi connectivity index (χ0v) is 19.6. The van der Waals surface area contributed by atoms with E-state index in [-0.39, 0.29) is 49.3 Å². The van der Waals surface area contributed by atoms with Crippen molar-refractivity contribution < 1.29 is 27.9 Å². The van der Waals surface area contributed by atoms with Crippen LogP contribution in [0.25, 0.3) is 0 Å². The summed E-state index contributed by atoms with van der Waals surface area (Å²) in [5, 5.41) is 2.84. The molecule has 3 amide bonds. The number of nitrogens with one attached hydrogen (secondary N) is 1. The molecule has 2 aromatic rings. The minimum atomic E-state index is -3.03. The molecule has 0 aromatic heterocycles. The molecule has 0 bridgehead atoms. The number of piperazine rings is 1. The second kappa shape index (κ2) is 12.4. The van der Waals surface area contributed by atoms with E-state index in [0.717, 1.165) is 0 Å². The summed E-state index contributed by atoms with van der Waals surface area (Å²) in [4.78, 5) is 41.8. The number of rotatable bonds is 9. The van der Waals surface area contributed by atoms with Crippen LogP contribution in [0.5, 0.6) is 5.75 Å². The first kappa shape index (κ1) is 25.5. The summed E-state index contributed by atoms with van der Waals surface area (Å²) in [5.41, 5.74) is 0.528. The number of carbonyl (C=O) groups is 3. The molecule has 1 atom stereocenters. The predicted octanol–water partition coefficient (Wildman–Crippen LogP) is 3.12. The molecule has 0 saturated carbocycles. The van der Waals surface area contributed by atoms with Gasteiger partial charge in [0, 0.05) is 31.7 Å². The van der Waals surface area contributed by atoms with E-state index in [2.05, 4.69) is 10.1 Å². The summed E-state index contributed by atoms with van der Waals surface area (Å²) >= 11 is 1.58. The predicted molar refractivity (Wildman–Crippen MR) is 126 cm³/mol. The van der Waals surface area contributed by atoms with Gasteiger partial charge in [-0.05, 0) is 42.7 Å². The van der Waals surface area contributed by atoms with Crippen molar-refractivity contribution in [3.05, 3.63) is 65.7 Å². The molecule has 1 N–H and O–H groups in total. The van der Waals surface area contributed by atoms with Gasteiger partial charge in [0.25, 0.3) is 11.8 Å². The smallest absolute Gasteiger partial charge is 0.387 e. The van der Waals surface area contributed by atoms with Crippen LogP contribution >= 0.6 is 11.8 Å². The number of benzene rings is 2. The molecular formula is C24H27F2N3O4S. The van der Waals surface area contributed by atoms with E-state index in [1.807, 2.05) is 12.3 Å². The largest absolute Gasteiger partial charge is 0.434 e. The normalized spacial score (nSPS) is 14.6. The maximum Gasteiger partial charge on any atom is 0.387 e. The molecule has 1 heterocycles. The van der Waals surface area contributed by atoms with E-state index in [1.165, 1.54) is 23.1 Å². The number of hydrogen-bond donors (Lipinski definition) is 1. The molecule has 10 heteroatoms. The summed E-state index contributed by atoms with van der Waals surface area (Å²) in [6, 6.07) is 13.9. The highest BCUT2D eigenvalue weighted by molar-refractivity contribution is 7.98. The monoisotopic (exact) mass is 491 g/mol. The number of para-hydroxylation sites is 1. The van der Waals surface area contributed by atoms with Gasteiger partial charge in [0.05, 0.1) is 5.56 Å². The summed E-state index contributed by atoms with van der Waals surface area (Å²) in [6.07, 6.45) is 2.41. The maximum atomic E-state index is 13.2. The lowest BCUT2D eigenvalue weighted by atomic mass is 10.1. The lowest BCUT2D eigenvalue weighted by Gasteiger charge is -2.36. The molecule has 1 aliphatic heterocycles. The molecular weight excluding hydrogens is 464 g/mol. The summed E-state index contributed by atoms with van der Waals surface area (Å²) < 4.78 is 29.8. The van der Waals surface area contributed by atoms with Gasteiger partial charge < -0.3 is 19.9 Å². The van der Waals surface area contributed by atoms with Gasteiger partial charge in [0.1, 0.15) is 11.8 Å². The first-order chi connectivity index (χ1) is 16.4. The Kier molecular flexibility index (Phi) is 9.26. The lowest BCUT2D eigenvalue weighted by Crippen LogP contribution is -2.56. The van der Waals surface area contributed by atoms with Crippen molar-refractivity contribution in [3.8, 4) is 5.75 Å². The molecule has 0 unspecified atom stereocenters. The number of ether oxygens (including phenoxy) is 1. The van der Waals surface area contributed by atoms with Gasteiger partial charge >= 0.3 is 6.61 Å². The van der Waals surface area contributed by atoms with Crippen LogP contribution in [0.15, 0.2) is 54.6 Å². The maximum absolute atomic E-state index is 13.2. The fourth-order valence-electron chi connectivity index (χ4n) is 3.69. The topological polar surface area (TPSA) is 79.0 Å². The minimum Gasteiger partial charge on any atom is -0.434 e. The highest BCUT2D eigenvalue weighted by atomic mass is 32.2. The molecule has 1 fully saturated rings. The Morgan fingerprint density at radius 3 is 2.24 bits per heavy atom. The van der Waals surface area contributed by atoms with Crippen molar-refractivity contribution in [3.63, 3.8) is 0 Å². The Morgan fingerprint density at radius 1 is 0.971 bits per heavy atom. The molecule has 1 saturated heterocycles. The molecule has 2 aromatic carbocycles. The SMILES string of the molecule is CSCC[C@H](NC(=O)c1ccccc1)C(=O)N1CCN(C(=O)c2ccccc2OC(F)F)CC1. The van der Waals surface area contributed by atoms with Crippen molar-refractivity contribution in [2.24, 2.45) is 0 Å². The molecule has 0 spiro atoms. The van der Waals surface area contributed by atoms with Crippen LogP contribution in [-0.2, 0) is 4.79 Å². The Hall–Kier alpha value is -3.14. The third-order valence-corrected chi connectivity index (χ3v) is 6.11. The van der Waals surface area contributed by atoms with Crippen LogP contribution in [-0.4, -0.2) is 78.4 Å². The first-order valence-electron chi connectivity index (χ1n) is 10.9. The van der Waals surface area contributed by atoms with Gasteiger partial charge in [0.15, 0.2) is 0 Å². The Morgan fingerprint density at radius 2 is 1.59 bits per heavy atom. The van der Waals surface area contributed by atoms with Crippen molar-refractivity contribution in [2.75, 3.05) is 38.2 Å². The van der Waals surface area contributed by atoms with Crippen molar-refractivity contribution in [1.29, 1.82) is 0 Å². The number of thioether (sulfide) groups is 1. The highest BCUT2D eigenvalue weighted by Gasteiger charge is 2.31. The van der Waals surface area contributed by atoms with Gasteiger partial charge in [-0.15, -0.1) is 0 Å². The van der Waals surface area contributed by atoms with Crippen LogP contribution < -0.4 is 10.1 Å². The number of hydrogen-bond acceptors (Lipinski definition) is 5. The number of nitrogens with zero attached hydrogens (tertiary/aromatic N) is 2. The van der Waals surface area contributed by atoms with E-state index in [4.69, 9.17) is 0 Å². The van der Waals surface area contributed by atoms with Gasteiger partial charge in [-0.1, -0.05) is 30.3 Å². The van der Waals surface area contributed by atoms with Crippen LogP contribution in [0, 0.1) is 0 Å². The van der Waals surface area contributed by atoms with Gasteiger partial charge in [0.2, 0.25) is 5.91 Å². The third kappa shape index (κ3) is 6.69. The molecule has 1 aliphatic rings. The van der Waals surface area contributed by atoms with Gasteiger partial charge in [-0.25, -0.2) is 0 Å². The average molecular weight is 492 g/mol. The van der Waals surface area contributed by atoms with E-state index in [1.54, 1.807) is 47.0 Å². The van der Waals surface area contributed by atoms with Crippen LogP contribution in [0.2, 0.25) is 0 Å². The van der Waals surface area contributed by atoms with Crippen molar-refractivity contribution >= 4 is 29.5 Å². The second-order valence-corrected chi connectivity index (χ2v) is 8.65. The number of alkyl halides is 2. The Balaban J connectivity index is 1.62. The van der Waals surface area contributed by atoms with Gasteiger partial charge in [-0.2, -0.15) is 20.5 Å². The Labute approximate surface area is 201 Å². The van der Waals surface area contributed by atoms with Crippen LogP contribution in [0.3, 0.4) is 0 Å². The number of halogens is 2. The van der Waals surface area contributed by atoms with Crippen molar-refractivity contribution in [2.45, 2.75) is 19.1 Å². The average Bonchev–Trinajstić information content (AvgIpc) is 2.86. The second-order valence-electron chi connectivity index (χ2n) is 7.67. The standard InChI is InChI=1S/C24H27F2N3O4S/c1-34-16-11-19(27-21(30)17-7-3-2-4-8-17)23(32)29-14-12-28(13-15-29)22(31)18-9-5-6-10-20(18)33-24(25)26/h2-10,19,24H,11-16H2,1H3,(H,27,30)/t19-/m0/s1. The fourth-order valence-corrected chi connectivity index (χ4v) is 4.16. The number of amides is 3. The summed E-state index contributed by atoms with van der Waals surface area (Å²) in [7, 11) is 0. The minimum absolute atomic E-state index is 0.0514. The van der Waals surface area contributed by atoms with Crippen molar-refractivity contribution in [1.82, 2.24) is 15.1 Å². The van der Waals surface area contributed by atoms with E-state index >= 15 is 0 Å². The van der Waals surface area contributed by atoms with E-state index in [0.29, 0.717) is 17.7 Å². The number of carbonyl (C=O) groups excluding carboxylic acids is 3. The third-order valence-electron chi connectivity index (χ3n) is 5.46. The fraction of sp³-hybridized carbons (Fsp3) is 0.375. The molecule has 34 heavy (non-hydrogen) atoms. The molecule has 3 rings (SSSR count). The molecule has 182 valence electrons. The molecule has 7 nitrogen and oxygen atoms in total. The Bertz CT molecular complexity index is 985. The van der Waals surface area contributed by atoms with E-state index in [9.17, 15) is 23.2 Å². The summed E-state index contributed by atoms with van der Waals surface area (Å²) in [5.74, 6) is -0.428. The zero-order chi connectivity index (χ0) is 24.5. The summed E-state index contributed by atoms with van der Waals surface area (Å²) in [6.45, 7) is -1.99.